The Balaban J connectivity index is 2.18. The van der Waals surface area contributed by atoms with Crippen LogP contribution in [0.5, 0.6) is 0 Å². The van der Waals surface area contributed by atoms with E-state index in [4.69, 9.17) is 23.2 Å². The highest BCUT2D eigenvalue weighted by Gasteiger charge is 2.12. The van der Waals surface area contributed by atoms with Crippen LogP contribution in [0.25, 0.3) is 0 Å². The van der Waals surface area contributed by atoms with Crippen LogP contribution in [0.4, 0.5) is 0 Å². The number of rotatable bonds is 6. The van der Waals surface area contributed by atoms with Gasteiger partial charge in [-0.05, 0) is 51.9 Å². The van der Waals surface area contributed by atoms with E-state index in [1.54, 1.807) is 6.92 Å². The van der Waals surface area contributed by atoms with Crippen molar-refractivity contribution in [3.63, 3.8) is 0 Å². The Labute approximate surface area is 140 Å². The molecular formula is C18H16Cl2O2. The SMILES string of the molecule is CC(C(=O)Cl)c1ccc(Cc2ccccc2CC(=O)Cl)cc1. The third kappa shape index (κ3) is 4.43. The van der Waals surface area contributed by atoms with Crippen molar-refractivity contribution in [2.24, 2.45) is 0 Å². The van der Waals surface area contributed by atoms with E-state index >= 15 is 0 Å². The first-order chi connectivity index (χ1) is 10.5. The number of halogens is 2. The van der Waals surface area contributed by atoms with Gasteiger partial charge in [0.05, 0.1) is 5.92 Å². The lowest BCUT2D eigenvalue weighted by Crippen LogP contribution is -2.02. The molecule has 114 valence electrons. The summed E-state index contributed by atoms with van der Waals surface area (Å²) in [6, 6.07) is 15.5. The Kier molecular flexibility index (Phi) is 5.76. The van der Waals surface area contributed by atoms with E-state index in [1.165, 1.54) is 0 Å². The molecule has 0 amide bonds. The fourth-order valence-electron chi connectivity index (χ4n) is 2.33. The van der Waals surface area contributed by atoms with Gasteiger partial charge in [-0.25, -0.2) is 0 Å². The molecule has 0 fully saturated rings. The van der Waals surface area contributed by atoms with Crippen molar-refractivity contribution in [2.75, 3.05) is 0 Å². The molecule has 2 rings (SSSR count). The average molecular weight is 335 g/mol. The first-order valence-electron chi connectivity index (χ1n) is 7.00. The standard InChI is InChI=1S/C18H16Cl2O2/c1-12(18(20)22)14-8-6-13(7-9-14)10-15-4-2-3-5-16(15)11-17(19)21/h2-9,12H,10-11H2,1H3. The number of hydrogen-bond acceptors (Lipinski definition) is 2. The quantitative estimate of drug-likeness (QED) is 0.731. The topological polar surface area (TPSA) is 34.1 Å². The third-order valence-corrected chi connectivity index (χ3v) is 4.12. The second kappa shape index (κ2) is 7.57. The maximum absolute atomic E-state index is 11.2. The van der Waals surface area contributed by atoms with E-state index in [2.05, 4.69) is 0 Å². The Morgan fingerprint density at radius 3 is 2.09 bits per heavy atom. The molecule has 0 aliphatic rings. The monoisotopic (exact) mass is 334 g/mol. The predicted molar refractivity (Wildman–Crippen MR) is 89.5 cm³/mol. The maximum Gasteiger partial charge on any atom is 0.228 e. The summed E-state index contributed by atoms with van der Waals surface area (Å²) in [4.78, 5) is 22.3. The zero-order valence-corrected chi connectivity index (χ0v) is 13.7. The molecule has 0 N–H and O–H groups in total. The van der Waals surface area contributed by atoms with E-state index < -0.39 is 0 Å². The summed E-state index contributed by atoms with van der Waals surface area (Å²) in [6.07, 6.45) is 0.942. The van der Waals surface area contributed by atoms with Gasteiger partial charge >= 0.3 is 0 Å². The molecule has 2 aromatic rings. The van der Waals surface area contributed by atoms with E-state index in [0.717, 1.165) is 22.3 Å². The van der Waals surface area contributed by atoms with Crippen LogP contribution in [0.15, 0.2) is 48.5 Å². The summed E-state index contributed by atoms with van der Waals surface area (Å²) in [6.45, 7) is 1.78. The zero-order chi connectivity index (χ0) is 16.1. The van der Waals surface area contributed by atoms with Gasteiger partial charge in [0.25, 0.3) is 0 Å². The first-order valence-corrected chi connectivity index (χ1v) is 7.76. The minimum Gasteiger partial charge on any atom is -0.281 e. The van der Waals surface area contributed by atoms with Crippen LogP contribution in [0.2, 0.25) is 0 Å². The van der Waals surface area contributed by atoms with Crippen molar-refractivity contribution in [3.8, 4) is 0 Å². The van der Waals surface area contributed by atoms with Gasteiger partial charge in [-0.2, -0.15) is 0 Å². The number of carbonyl (C=O) groups is 2. The lowest BCUT2D eigenvalue weighted by atomic mass is 9.95. The van der Waals surface area contributed by atoms with Crippen molar-refractivity contribution in [2.45, 2.75) is 25.7 Å². The Hall–Kier alpha value is -1.64. The number of hydrogen-bond donors (Lipinski definition) is 0. The van der Waals surface area contributed by atoms with Gasteiger partial charge in [-0.1, -0.05) is 55.5 Å². The minimum atomic E-state index is -0.364. The second-order valence-corrected chi connectivity index (χ2v) is 6.04. The molecule has 2 nitrogen and oxygen atoms in total. The Bertz CT molecular complexity index is 678. The lowest BCUT2D eigenvalue weighted by molar-refractivity contribution is -0.113. The van der Waals surface area contributed by atoms with Crippen LogP contribution in [-0.4, -0.2) is 10.5 Å². The van der Waals surface area contributed by atoms with Crippen molar-refractivity contribution in [1.82, 2.24) is 0 Å². The normalized spacial score (nSPS) is 12.0. The Morgan fingerprint density at radius 2 is 1.55 bits per heavy atom. The molecule has 0 aliphatic carbocycles. The fraction of sp³-hybridized carbons (Fsp3) is 0.222. The lowest BCUT2D eigenvalue weighted by Gasteiger charge is -2.10. The zero-order valence-electron chi connectivity index (χ0n) is 12.2. The van der Waals surface area contributed by atoms with E-state index in [1.807, 2.05) is 48.5 Å². The van der Waals surface area contributed by atoms with Crippen molar-refractivity contribution in [3.05, 3.63) is 70.8 Å². The van der Waals surface area contributed by atoms with Gasteiger partial charge in [0.1, 0.15) is 0 Å². The fourth-order valence-corrected chi connectivity index (χ4v) is 2.60. The molecule has 0 heterocycles. The molecule has 22 heavy (non-hydrogen) atoms. The summed E-state index contributed by atoms with van der Waals surface area (Å²) < 4.78 is 0. The molecule has 0 bridgehead atoms. The summed E-state index contributed by atoms with van der Waals surface area (Å²) in [7, 11) is 0. The largest absolute Gasteiger partial charge is 0.281 e. The van der Waals surface area contributed by atoms with Crippen LogP contribution in [0, 0.1) is 0 Å². The van der Waals surface area contributed by atoms with Crippen LogP contribution in [-0.2, 0) is 22.4 Å². The van der Waals surface area contributed by atoms with Crippen LogP contribution in [0.3, 0.4) is 0 Å². The molecule has 1 atom stereocenters. The van der Waals surface area contributed by atoms with E-state index in [-0.39, 0.29) is 22.8 Å². The molecule has 2 aromatic carbocycles. The van der Waals surface area contributed by atoms with Gasteiger partial charge in [0.15, 0.2) is 0 Å². The molecule has 0 aromatic heterocycles. The summed E-state index contributed by atoms with van der Waals surface area (Å²) in [5.41, 5.74) is 4.02. The van der Waals surface area contributed by atoms with Gasteiger partial charge in [0.2, 0.25) is 10.5 Å². The molecule has 0 aliphatic heterocycles. The van der Waals surface area contributed by atoms with Gasteiger partial charge in [0, 0.05) is 6.42 Å². The summed E-state index contributed by atoms with van der Waals surface area (Å²) >= 11 is 11.0. The number of benzene rings is 2. The molecule has 1 unspecified atom stereocenters. The first kappa shape index (κ1) is 16.7. The van der Waals surface area contributed by atoms with Crippen LogP contribution < -0.4 is 0 Å². The van der Waals surface area contributed by atoms with E-state index in [9.17, 15) is 9.59 Å². The molecule has 0 saturated heterocycles. The van der Waals surface area contributed by atoms with Crippen molar-refractivity contribution < 1.29 is 9.59 Å². The smallest absolute Gasteiger partial charge is 0.228 e. The highest BCUT2D eigenvalue weighted by molar-refractivity contribution is 6.64. The molecule has 0 spiro atoms. The Morgan fingerprint density at radius 1 is 0.955 bits per heavy atom. The van der Waals surface area contributed by atoms with Crippen LogP contribution in [0.1, 0.15) is 35.1 Å². The molecule has 0 saturated carbocycles. The average Bonchev–Trinajstić information content (AvgIpc) is 2.48. The van der Waals surface area contributed by atoms with Crippen LogP contribution >= 0.6 is 23.2 Å². The highest BCUT2D eigenvalue weighted by Crippen LogP contribution is 2.21. The summed E-state index contributed by atoms with van der Waals surface area (Å²) in [5, 5.41) is -0.726. The summed E-state index contributed by atoms with van der Waals surface area (Å²) in [5.74, 6) is -0.308. The third-order valence-electron chi connectivity index (χ3n) is 3.66. The van der Waals surface area contributed by atoms with Crippen molar-refractivity contribution >= 4 is 33.7 Å². The molecule has 4 heteroatoms. The second-order valence-electron chi connectivity index (χ2n) is 5.24. The molecular weight excluding hydrogens is 319 g/mol. The van der Waals surface area contributed by atoms with Gasteiger partial charge in [-0.3, -0.25) is 9.59 Å². The van der Waals surface area contributed by atoms with Crippen molar-refractivity contribution in [1.29, 1.82) is 0 Å². The molecule has 0 radical (unpaired) electrons. The van der Waals surface area contributed by atoms with Gasteiger partial charge < -0.3 is 0 Å². The van der Waals surface area contributed by atoms with E-state index in [0.29, 0.717) is 6.42 Å². The van der Waals surface area contributed by atoms with Gasteiger partial charge in [-0.15, -0.1) is 0 Å². The number of carbonyl (C=O) groups excluding carboxylic acids is 2. The maximum atomic E-state index is 11.2. The minimum absolute atomic E-state index is 0.230. The highest BCUT2D eigenvalue weighted by atomic mass is 35.5. The predicted octanol–water partition coefficient (Wildman–Crippen LogP) is 4.45.